The van der Waals surface area contributed by atoms with Crippen LogP contribution in [0.2, 0.25) is 5.02 Å². The molecule has 1 fully saturated rings. The van der Waals surface area contributed by atoms with Crippen molar-refractivity contribution in [2.45, 2.75) is 26.4 Å². The summed E-state index contributed by atoms with van der Waals surface area (Å²) in [6.07, 6.45) is 0.674. The molecule has 3 rings (SSSR count). The summed E-state index contributed by atoms with van der Waals surface area (Å²) < 4.78 is 16.5. The first-order chi connectivity index (χ1) is 15.6. The minimum atomic E-state index is -0.771. The maximum Gasteiger partial charge on any atom is 0.422 e. The Morgan fingerprint density at radius 1 is 1.24 bits per heavy atom. The van der Waals surface area contributed by atoms with Crippen molar-refractivity contribution < 1.29 is 23.8 Å². The molecule has 0 saturated carbocycles. The van der Waals surface area contributed by atoms with Crippen molar-refractivity contribution >= 4 is 41.1 Å². The Labute approximate surface area is 197 Å². The summed E-state index contributed by atoms with van der Waals surface area (Å²) >= 11 is 6.12. The Morgan fingerprint density at radius 3 is 2.55 bits per heavy atom. The van der Waals surface area contributed by atoms with Crippen LogP contribution < -0.4 is 15.0 Å². The van der Waals surface area contributed by atoms with Crippen LogP contribution in [-0.2, 0) is 9.47 Å². The first kappa shape index (κ1) is 24.5. The summed E-state index contributed by atoms with van der Waals surface area (Å²) in [6.45, 7) is 7.28. The van der Waals surface area contributed by atoms with Crippen molar-refractivity contribution in [3.63, 3.8) is 0 Å². The predicted molar refractivity (Wildman–Crippen MR) is 125 cm³/mol. The van der Waals surface area contributed by atoms with Gasteiger partial charge in [0.2, 0.25) is 5.95 Å². The number of benzene rings is 1. The minimum Gasteiger partial charge on any atom is -0.495 e. The second-order valence-corrected chi connectivity index (χ2v) is 8.63. The van der Waals surface area contributed by atoms with Crippen LogP contribution in [0.3, 0.4) is 0 Å². The first-order valence-corrected chi connectivity index (χ1v) is 10.8. The molecule has 1 N–H and O–H groups in total. The van der Waals surface area contributed by atoms with Crippen LogP contribution in [0.15, 0.2) is 24.4 Å². The van der Waals surface area contributed by atoms with Gasteiger partial charge in [0.25, 0.3) is 5.91 Å². The Kier molecular flexibility index (Phi) is 7.60. The molecule has 0 radical (unpaired) electrons. The summed E-state index contributed by atoms with van der Waals surface area (Å²) in [4.78, 5) is 37.6. The second kappa shape index (κ2) is 10.2. The van der Waals surface area contributed by atoms with E-state index in [0.717, 1.165) is 0 Å². The molecule has 0 aliphatic carbocycles. The highest BCUT2D eigenvalue weighted by Gasteiger charge is 2.30. The molecule has 33 heavy (non-hydrogen) atoms. The second-order valence-electron chi connectivity index (χ2n) is 8.22. The van der Waals surface area contributed by atoms with Gasteiger partial charge in [-0.2, -0.15) is 4.98 Å². The van der Waals surface area contributed by atoms with Crippen LogP contribution in [0.4, 0.5) is 22.2 Å². The third-order valence-corrected chi connectivity index (χ3v) is 4.99. The zero-order valence-corrected chi connectivity index (χ0v) is 20.1. The molecule has 0 spiro atoms. The number of anilines is 3. The average Bonchev–Trinajstić information content (AvgIpc) is 2.79. The summed E-state index contributed by atoms with van der Waals surface area (Å²) in [5, 5.41) is 3.16. The molecule has 1 aliphatic heterocycles. The largest absolute Gasteiger partial charge is 0.495 e. The number of ether oxygens (including phenoxy) is 3. The van der Waals surface area contributed by atoms with Gasteiger partial charge in [0.1, 0.15) is 22.2 Å². The van der Waals surface area contributed by atoms with Gasteiger partial charge in [-0.25, -0.2) is 14.7 Å². The van der Waals surface area contributed by atoms with Gasteiger partial charge in [-0.05, 0) is 39.0 Å². The van der Waals surface area contributed by atoms with Gasteiger partial charge in [-0.3, -0.25) is 4.79 Å². The first-order valence-electron chi connectivity index (χ1n) is 10.4. The fraction of sp³-hybridized carbons (Fsp3) is 0.455. The van der Waals surface area contributed by atoms with E-state index in [9.17, 15) is 9.59 Å². The molecular weight excluding hydrogens is 450 g/mol. The van der Waals surface area contributed by atoms with Crippen molar-refractivity contribution in [1.29, 1.82) is 0 Å². The molecule has 2 amide bonds. The fourth-order valence-electron chi connectivity index (χ4n) is 3.18. The van der Waals surface area contributed by atoms with Crippen LogP contribution in [-0.4, -0.2) is 72.9 Å². The summed E-state index contributed by atoms with van der Waals surface area (Å²) in [5.74, 6) is 0.508. The highest BCUT2D eigenvalue weighted by molar-refractivity contribution is 6.32. The van der Waals surface area contributed by atoms with E-state index in [4.69, 9.17) is 25.8 Å². The number of hydrogen-bond acceptors (Lipinski definition) is 8. The smallest absolute Gasteiger partial charge is 0.422 e. The number of methoxy groups -OCH3 is 1. The van der Waals surface area contributed by atoms with E-state index in [-0.39, 0.29) is 17.6 Å². The van der Waals surface area contributed by atoms with E-state index in [1.807, 2.05) is 0 Å². The quantitative estimate of drug-likeness (QED) is 0.694. The van der Waals surface area contributed by atoms with Crippen molar-refractivity contribution in [2.75, 3.05) is 50.7 Å². The third-order valence-electron chi connectivity index (χ3n) is 4.71. The van der Waals surface area contributed by atoms with Gasteiger partial charge >= 0.3 is 6.09 Å². The Hall–Kier alpha value is -3.11. The zero-order chi connectivity index (χ0) is 24.2. The number of halogens is 1. The standard InChI is InChI=1S/C22H28ClN5O5/c1-22(2,3)33-21(30)28(20-25-13-15(23)18(24-4)26-20)16-7-6-14(12-17(16)31-5)19(29)27-8-10-32-11-9-27/h6-7,12-13H,8-11H2,1-5H3,(H,24,25,26). The number of nitrogens with zero attached hydrogens (tertiary/aromatic N) is 4. The van der Waals surface area contributed by atoms with Gasteiger partial charge in [0.15, 0.2) is 0 Å². The molecule has 2 heterocycles. The van der Waals surface area contributed by atoms with Gasteiger partial charge in [0, 0.05) is 25.7 Å². The topological polar surface area (TPSA) is 106 Å². The van der Waals surface area contributed by atoms with Crippen molar-refractivity contribution in [2.24, 2.45) is 0 Å². The van der Waals surface area contributed by atoms with E-state index < -0.39 is 11.7 Å². The lowest BCUT2D eigenvalue weighted by molar-refractivity contribution is 0.0302. The molecule has 1 aromatic heterocycles. The molecule has 0 bridgehead atoms. The predicted octanol–water partition coefficient (Wildman–Crippen LogP) is 3.73. The van der Waals surface area contributed by atoms with Crippen molar-refractivity contribution in [3.05, 3.63) is 35.0 Å². The summed E-state index contributed by atoms with van der Waals surface area (Å²) in [7, 11) is 3.11. The van der Waals surface area contributed by atoms with E-state index in [2.05, 4.69) is 15.3 Å². The monoisotopic (exact) mass is 477 g/mol. The molecule has 0 atom stereocenters. The number of morpholine rings is 1. The van der Waals surface area contributed by atoms with Gasteiger partial charge in [0.05, 0.1) is 32.2 Å². The fourth-order valence-corrected chi connectivity index (χ4v) is 3.37. The highest BCUT2D eigenvalue weighted by Crippen LogP contribution is 2.36. The lowest BCUT2D eigenvalue weighted by atomic mass is 10.1. The van der Waals surface area contributed by atoms with Gasteiger partial charge in [-0.15, -0.1) is 0 Å². The van der Waals surface area contributed by atoms with Crippen LogP contribution in [0.1, 0.15) is 31.1 Å². The SMILES string of the molecule is CNc1nc(N(C(=O)OC(C)(C)C)c2ccc(C(=O)N3CCOCC3)cc2OC)ncc1Cl. The van der Waals surface area contributed by atoms with Gasteiger partial charge < -0.3 is 24.4 Å². The molecule has 1 aromatic carbocycles. The number of carbonyl (C=O) groups excluding carboxylic acids is 2. The number of hydrogen-bond donors (Lipinski definition) is 1. The Balaban J connectivity index is 2.05. The zero-order valence-electron chi connectivity index (χ0n) is 19.3. The Bertz CT molecular complexity index is 1020. The number of nitrogens with one attached hydrogen (secondary N) is 1. The number of carbonyl (C=O) groups is 2. The molecule has 1 saturated heterocycles. The molecular formula is C22H28ClN5O5. The average molecular weight is 478 g/mol. The summed E-state index contributed by atoms with van der Waals surface area (Å²) in [6, 6.07) is 4.81. The van der Waals surface area contributed by atoms with E-state index in [1.165, 1.54) is 18.2 Å². The minimum absolute atomic E-state index is 0.0311. The third kappa shape index (κ3) is 5.82. The lowest BCUT2D eigenvalue weighted by Gasteiger charge is -2.28. The van der Waals surface area contributed by atoms with Gasteiger partial charge in [-0.1, -0.05) is 11.6 Å². The number of amides is 2. The van der Waals surface area contributed by atoms with Crippen LogP contribution in [0.25, 0.3) is 0 Å². The molecule has 178 valence electrons. The lowest BCUT2D eigenvalue weighted by Crippen LogP contribution is -2.40. The normalized spacial score (nSPS) is 13.9. The maximum absolute atomic E-state index is 13.2. The van der Waals surface area contributed by atoms with E-state index >= 15 is 0 Å². The number of rotatable bonds is 5. The van der Waals surface area contributed by atoms with Crippen LogP contribution in [0, 0.1) is 0 Å². The summed E-state index contributed by atoms with van der Waals surface area (Å²) in [5.41, 5.74) is -0.0307. The Morgan fingerprint density at radius 2 is 1.94 bits per heavy atom. The molecule has 1 aliphatic rings. The highest BCUT2D eigenvalue weighted by atomic mass is 35.5. The van der Waals surface area contributed by atoms with Crippen molar-refractivity contribution in [3.8, 4) is 5.75 Å². The molecule has 10 nitrogen and oxygen atoms in total. The molecule has 11 heteroatoms. The van der Waals surface area contributed by atoms with E-state index in [0.29, 0.717) is 48.4 Å². The van der Waals surface area contributed by atoms with Crippen molar-refractivity contribution in [1.82, 2.24) is 14.9 Å². The molecule has 0 unspecified atom stereocenters. The van der Waals surface area contributed by atoms with Crippen LogP contribution >= 0.6 is 11.6 Å². The van der Waals surface area contributed by atoms with E-state index in [1.54, 1.807) is 50.9 Å². The maximum atomic E-state index is 13.2. The number of aromatic nitrogens is 2. The molecule has 2 aromatic rings. The van der Waals surface area contributed by atoms with Crippen LogP contribution in [0.5, 0.6) is 5.75 Å².